The molecular formula is C19H16BrN3O2. The van der Waals surface area contributed by atoms with Crippen molar-refractivity contribution in [3.8, 4) is 5.75 Å². The standard InChI is InChI=1S/C19H16BrN3O2/c1-25-16-10-8-14(9-11-16)22-18-17(3-2-12-21-18)19(24)23-15-6-4-13(20)5-7-15/h2-12H,1H3,(H,21,22)(H,23,24). The predicted octanol–water partition coefficient (Wildman–Crippen LogP) is 4.85. The molecule has 126 valence electrons. The number of rotatable bonds is 5. The van der Waals surface area contributed by atoms with Gasteiger partial charge in [0.05, 0.1) is 12.7 Å². The summed E-state index contributed by atoms with van der Waals surface area (Å²) in [4.78, 5) is 16.9. The number of carbonyl (C=O) groups is 1. The van der Waals surface area contributed by atoms with Gasteiger partial charge < -0.3 is 15.4 Å². The Labute approximate surface area is 154 Å². The summed E-state index contributed by atoms with van der Waals surface area (Å²) in [6.45, 7) is 0. The fourth-order valence-electron chi connectivity index (χ4n) is 2.23. The molecule has 25 heavy (non-hydrogen) atoms. The summed E-state index contributed by atoms with van der Waals surface area (Å²) in [5, 5.41) is 6.03. The number of nitrogens with one attached hydrogen (secondary N) is 2. The van der Waals surface area contributed by atoms with E-state index in [9.17, 15) is 4.79 Å². The van der Waals surface area contributed by atoms with Crippen LogP contribution in [0.25, 0.3) is 0 Å². The van der Waals surface area contributed by atoms with E-state index in [0.29, 0.717) is 17.1 Å². The Morgan fingerprint density at radius 2 is 1.68 bits per heavy atom. The van der Waals surface area contributed by atoms with Crippen molar-refractivity contribution in [2.45, 2.75) is 0 Å². The minimum Gasteiger partial charge on any atom is -0.497 e. The molecule has 0 aliphatic heterocycles. The Balaban J connectivity index is 1.79. The minimum atomic E-state index is -0.230. The lowest BCUT2D eigenvalue weighted by molar-refractivity contribution is 0.102. The highest BCUT2D eigenvalue weighted by atomic mass is 79.9. The molecule has 0 saturated carbocycles. The molecule has 2 N–H and O–H groups in total. The fourth-order valence-corrected chi connectivity index (χ4v) is 2.50. The highest BCUT2D eigenvalue weighted by molar-refractivity contribution is 9.10. The zero-order chi connectivity index (χ0) is 17.6. The molecule has 0 bridgehead atoms. The van der Waals surface area contributed by atoms with E-state index < -0.39 is 0 Å². The Bertz CT molecular complexity index is 865. The Morgan fingerprint density at radius 3 is 2.36 bits per heavy atom. The fraction of sp³-hybridized carbons (Fsp3) is 0.0526. The maximum atomic E-state index is 12.6. The van der Waals surface area contributed by atoms with Gasteiger partial charge in [0, 0.05) is 22.0 Å². The Kier molecular flexibility index (Phi) is 5.30. The third-order valence-electron chi connectivity index (χ3n) is 3.51. The summed E-state index contributed by atoms with van der Waals surface area (Å²) in [5.41, 5.74) is 1.99. The first-order chi connectivity index (χ1) is 12.2. The second kappa shape index (κ2) is 7.81. The van der Waals surface area contributed by atoms with Gasteiger partial charge in [-0.15, -0.1) is 0 Å². The van der Waals surface area contributed by atoms with Crippen molar-refractivity contribution < 1.29 is 9.53 Å². The molecule has 2 aromatic carbocycles. The summed E-state index contributed by atoms with van der Waals surface area (Å²) >= 11 is 3.37. The molecule has 1 aromatic heterocycles. The average Bonchev–Trinajstić information content (AvgIpc) is 2.64. The van der Waals surface area contributed by atoms with Gasteiger partial charge in [-0.1, -0.05) is 15.9 Å². The number of carbonyl (C=O) groups excluding carboxylic acids is 1. The monoisotopic (exact) mass is 397 g/mol. The third kappa shape index (κ3) is 4.36. The number of aromatic nitrogens is 1. The summed E-state index contributed by atoms with van der Waals surface area (Å²) in [5.74, 6) is 1.02. The number of halogens is 1. The van der Waals surface area contributed by atoms with Crippen molar-refractivity contribution in [3.05, 3.63) is 76.9 Å². The number of methoxy groups -OCH3 is 1. The number of ether oxygens (including phenoxy) is 1. The van der Waals surface area contributed by atoms with Gasteiger partial charge in [0.25, 0.3) is 5.91 Å². The SMILES string of the molecule is COc1ccc(Nc2ncccc2C(=O)Nc2ccc(Br)cc2)cc1. The number of pyridine rings is 1. The Morgan fingerprint density at radius 1 is 1.00 bits per heavy atom. The number of hydrogen-bond donors (Lipinski definition) is 2. The number of anilines is 3. The van der Waals surface area contributed by atoms with E-state index in [2.05, 4.69) is 31.5 Å². The topological polar surface area (TPSA) is 63.2 Å². The quantitative estimate of drug-likeness (QED) is 0.645. The van der Waals surface area contributed by atoms with Crippen LogP contribution in [0.3, 0.4) is 0 Å². The van der Waals surface area contributed by atoms with Crippen LogP contribution in [0.4, 0.5) is 17.2 Å². The maximum Gasteiger partial charge on any atom is 0.259 e. The van der Waals surface area contributed by atoms with Crippen molar-refractivity contribution in [1.82, 2.24) is 4.98 Å². The third-order valence-corrected chi connectivity index (χ3v) is 4.04. The first-order valence-electron chi connectivity index (χ1n) is 7.59. The van der Waals surface area contributed by atoms with Gasteiger partial charge in [0.15, 0.2) is 0 Å². The van der Waals surface area contributed by atoms with E-state index in [1.54, 1.807) is 25.4 Å². The molecule has 0 spiro atoms. The van der Waals surface area contributed by atoms with Gasteiger partial charge in [-0.05, 0) is 60.7 Å². The van der Waals surface area contributed by atoms with Crippen LogP contribution in [0.1, 0.15) is 10.4 Å². The van der Waals surface area contributed by atoms with Crippen LogP contribution in [0.15, 0.2) is 71.3 Å². The molecule has 3 rings (SSSR count). The van der Waals surface area contributed by atoms with E-state index in [4.69, 9.17) is 4.74 Å². The predicted molar refractivity (Wildman–Crippen MR) is 103 cm³/mol. The molecule has 0 saturated heterocycles. The summed E-state index contributed by atoms with van der Waals surface area (Å²) in [7, 11) is 1.62. The van der Waals surface area contributed by atoms with Gasteiger partial charge >= 0.3 is 0 Å². The van der Waals surface area contributed by atoms with Crippen molar-refractivity contribution in [2.75, 3.05) is 17.7 Å². The van der Waals surface area contributed by atoms with Crippen molar-refractivity contribution in [2.24, 2.45) is 0 Å². The van der Waals surface area contributed by atoms with Gasteiger partial charge in [0.2, 0.25) is 0 Å². The lowest BCUT2D eigenvalue weighted by Gasteiger charge is -2.11. The van der Waals surface area contributed by atoms with Gasteiger partial charge in [0.1, 0.15) is 11.6 Å². The smallest absolute Gasteiger partial charge is 0.259 e. The van der Waals surface area contributed by atoms with Gasteiger partial charge in [-0.3, -0.25) is 4.79 Å². The molecule has 0 fully saturated rings. The van der Waals surface area contributed by atoms with E-state index in [0.717, 1.165) is 15.9 Å². The molecule has 0 radical (unpaired) electrons. The molecule has 0 atom stereocenters. The summed E-state index contributed by atoms with van der Waals surface area (Å²) < 4.78 is 6.10. The molecule has 5 nitrogen and oxygen atoms in total. The molecule has 0 aliphatic carbocycles. The van der Waals surface area contributed by atoms with Crippen LogP contribution in [0.5, 0.6) is 5.75 Å². The van der Waals surface area contributed by atoms with Crippen LogP contribution < -0.4 is 15.4 Å². The van der Waals surface area contributed by atoms with Crippen LogP contribution >= 0.6 is 15.9 Å². The Hall–Kier alpha value is -2.86. The number of benzene rings is 2. The molecule has 1 heterocycles. The first kappa shape index (κ1) is 17.0. The lowest BCUT2D eigenvalue weighted by Crippen LogP contribution is -2.14. The largest absolute Gasteiger partial charge is 0.497 e. The second-order valence-electron chi connectivity index (χ2n) is 5.21. The van der Waals surface area contributed by atoms with E-state index >= 15 is 0 Å². The zero-order valence-electron chi connectivity index (χ0n) is 13.5. The summed E-state index contributed by atoms with van der Waals surface area (Å²) in [6.07, 6.45) is 1.64. The van der Waals surface area contributed by atoms with Crippen LogP contribution in [-0.4, -0.2) is 18.0 Å². The van der Waals surface area contributed by atoms with Gasteiger partial charge in [-0.25, -0.2) is 4.98 Å². The molecule has 1 amide bonds. The molecule has 0 unspecified atom stereocenters. The van der Waals surface area contributed by atoms with Gasteiger partial charge in [-0.2, -0.15) is 0 Å². The molecule has 3 aromatic rings. The van der Waals surface area contributed by atoms with Crippen LogP contribution in [0.2, 0.25) is 0 Å². The number of hydrogen-bond acceptors (Lipinski definition) is 4. The van der Waals surface area contributed by atoms with E-state index in [-0.39, 0.29) is 5.91 Å². The van der Waals surface area contributed by atoms with Crippen molar-refractivity contribution in [3.63, 3.8) is 0 Å². The maximum absolute atomic E-state index is 12.6. The van der Waals surface area contributed by atoms with Crippen LogP contribution in [0, 0.1) is 0 Å². The normalized spacial score (nSPS) is 10.2. The second-order valence-corrected chi connectivity index (χ2v) is 6.13. The van der Waals surface area contributed by atoms with Crippen molar-refractivity contribution in [1.29, 1.82) is 0 Å². The average molecular weight is 398 g/mol. The highest BCUT2D eigenvalue weighted by Crippen LogP contribution is 2.22. The first-order valence-corrected chi connectivity index (χ1v) is 8.38. The zero-order valence-corrected chi connectivity index (χ0v) is 15.1. The van der Waals surface area contributed by atoms with E-state index in [1.165, 1.54) is 0 Å². The summed E-state index contributed by atoms with van der Waals surface area (Å²) in [6, 6.07) is 18.3. The van der Waals surface area contributed by atoms with E-state index in [1.807, 2.05) is 48.5 Å². The number of amides is 1. The molecule has 6 heteroatoms. The lowest BCUT2D eigenvalue weighted by atomic mass is 10.2. The number of nitrogens with zero attached hydrogens (tertiary/aromatic N) is 1. The van der Waals surface area contributed by atoms with Crippen molar-refractivity contribution >= 4 is 39.0 Å². The minimum absolute atomic E-state index is 0.230. The molecular weight excluding hydrogens is 382 g/mol. The highest BCUT2D eigenvalue weighted by Gasteiger charge is 2.13. The molecule has 0 aliphatic rings. The van der Waals surface area contributed by atoms with Crippen LogP contribution in [-0.2, 0) is 0 Å².